The largest absolute Gasteiger partial charge is 0.490 e. The summed E-state index contributed by atoms with van der Waals surface area (Å²) >= 11 is 0. The monoisotopic (exact) mass is 625 g/mol. The van der Waals surface area contributed by atoms with Crippen molar-refractivity contribution in [2.45, 2.75) is 79.9 Å². The Morgan fingerprint density at radius 1 is 1.09 bits per heavy atom. The van der Waals surface area contributed by atoms with E-state index in [2.05, 4.69) is 36.0 Å². The Bertz CT molecular complexity index is 1800. The fraction of sp³-hybridized carbons (Fsp3) is 0.444. The van der Waals surface area contributed by atoms with E-state index in [0.29, 0.717) is 35.2 Å². The molecule has 3 atom stereocenters. The van der Waals surface area contributed by atoms with Gasteiger partial charge in [-0.2, -0.15) is 0 Å². The summed E-state index contributed by atoms with van der Waals surface area (Å²) in [6, 6.07) is 11.5. The molecule has 10 nitrogen and oxygen atoms in total. The number of carbonyl (C=O) groups excluding carboxylic acids is 2. The van der Waals surface area contributed by atoms with Crippen LogP contribution in [0.2, 0.25) is 0 Å². The third kappa shape index (κ3) is 6.32. The lowest BCUT2D eigenvalue weighted by atomic mass is 9.75. The van der Waals surface area contributed by atoms with Crippen molar-refractivity contribution in [3.63, 3.8) is 0 Å². The molecule has 2 aromatic heterocycles. The number of anilines is 1. The number of methoxy groups -OCH3 is 1. The number of amides is 1. The molecule has 1 saturated carbocycles. The van der Waals surface area contributed by atoms with Crippen LogP contribution in [0.15, 0.2) is 36.4 Å². The van der Waals surface area contributed by atoms with Crippen LogP contribution < -0.4 is 14.8 Å². The molecule has 5 rings (SSSR count). The minimum absolute atomic E-state index is 0.0496. The van der Waals surface area contributed by atoms with E-state index in [1.807, 2.05) is 64.1 Å². The molecule has 4 aromatic rings. The molecule has 1 fully saturated rings. The van der Waals surface area contributed by atoms with Crippen LogP contribution in [-0.4, -0.2) is 45.8 Å². The molecule has 0 bridgehead atoms. The van der Waals surface area contributed by atoms with Crippen LogP contribution in [0.1, 0.15) is 74.0 Å². The number of carbonyl (C=O) groups is 2. The second-order valence-corrected chi connectivity index (χ2v) is 12.8. The number of hydrogen-bond donors (Lipinski definition) is 2. The molecule has 2 aromatic carbocycles. The van der Waals surface area contributed by atoms with Gasteiger partial charge in [-0.3, -0.25) is 9.89 Å². The van der Waals surface area contributed by atoms with Gasteiger partial charge >= 0.3 is 5.97 Å². The van der Waals surface area contributed by atoms with E-state index in [1.165, 1.54) is 11.6 Å². The Hall–Kier alpha value is -4.78. The Kier molecular flexibility index (Phi) is 9.42. The van der Waals surface area contributed by atoms with Gasteiger partial charge in [0, 0.05) is 11.3 Å². The number of aromatic amines is 1. The third-order valence-corrected chi connectivity index (χ3v) is 8.97. The first-order valence-electron chi connectivity index (χ1n) is 15.9. The highest BCUT2D eigenvalue weighted by Crippen LogP contribution is 2.41. The summed E-state index contributed by atoms with van der Waals surface area (Å²) in [6.45, 7) is 22.1. The number of nitrogens with zero attached hydrogens (tertiary/aromatic N) is 3. The van der Waals surface area contributed by atoms with Gasteiger partial charge in [-0.05, 0) is 81.0 Å². The van der Waals surface area contributed by atoms with Gasteiger partial charge in [0.15, 0.2) is 17.6 Å². The van der Waals surface area contributed by atoms with Crippen molar-refractivity contribution in [2.75, 3.05) is 12.4 Å². The molecule has 1 amide bonds. The summed E-state index contributed by atoms with van der Waals surface area (Å²) in [7, 11) is 1.45. The van der Waals surface area contributed by atoms with Crippen molar-refractivity contribution >= 4 is 28.9 Å². The van der Waals surface area contributed by atoms with Crippen LogP contribution in [-0.2, 0) is 9.53 Å². The zero-order chi connectivity index (χ0) is 33.3. The van der Waals surface area contributed by atoms with E-state index in [0.717, 1.165) is 29.5 Å². The lowest BCUT2D eigenvalue weighted by molar-refractivity contribution is -0.122. The number of benzene rings is 2. The highest BCUT2D eigenvalue weighted by Gasteiger charge is 2.37. The highest BCUT2D eigenvalue weighted by molar-refractivity contribution is 6.05. The maximum absolute atomic E-state index is 13.7. The average molecular weight is 626 g/mol. The molecule has 0 spiro atoms. The summed E-state index contributed by atoms with van der Waals surface area (Å²) in [4.78, 5) is 35.4. The quantitative estimate of drug-likeness (QED) is 0.145. The van der Waals surface area contributed by atoms with Crippen LogP contribution in [0.5, 0.6) is 11.6 Å². The summed E-state index contributed by atoms with van der Waals surface area (Å²) in [6.07, 6.45) is 1.50. The smallest absolute Gasteiger partial charge is 0.331 e. The van der Waals surface area contributed by atoms with Crippen LogP contribution in [0, 0.1) is 45.1 Å². The summed E-state index contributed by atoms with van der Waals surface area (Å²) in [5, 5.41) is 6.20. The fourth-order valence-electron chi connectivity index (χ4n) is 6.72. The first-order chi connectivity index (χ1) is 21.9. The van der Waals surface area contributed by atoms with Gasteiger partial charge in [0.2, 0.25) is 5.88 Å². The normalized spacial score (nSPS) is 20.2. The number of fused-ring (bicyclic) bond motifs is 1. The van der Waals surface area contributed by atoms with Crippen molar-refractivity contribution in [1.29, 1.82) is 0 Å². The first-order valence-corrected chi connectivity index (χ1v) is 15.9. The molecule has 242 valence electrons. The Morgan fingerprint density at radius 2 is 1.80 bits per heavy atom. The van der Waals surface area contributed by atoms with Gasteiger partial charge in [-0.1, -0.05) is 57.5 Å². The number of rotatable bonds is 9. The molecule has 2 heterocycles. The van der Waals surface area contributed by atoms with Gasteiger partial charge in [0.05, 0.1) is 13.7 Å². The first kappa shape index (κ1) is 32.6. The van der Waals surface area contributed by atoms with Gasteiger partial charge in [0.1, 0.15) is 17.4 Å². The van der Waals surface area contributed by atoms with E-state index >= 15 is 0 Å². The standard InChI is InChI=1S/C36H43N5O5/c1-10-27(45-28-14-11-19(2)15-22(28)5)34(42)38-26-18-25(13-12-21(26)4)32-39-33-29(30(37-8)35(44-9)41(33)40-32)36(43)46-31-23(6)16-20(3)17-24(31)7/h11-15,18,20,23-24,27,31H,10,16-17H2,1-7,9H3,(H,38,42)(H,39,40). The van der Waals surface area contributed by atoms with Crippen LogP contribution in [0.3, 0.4) is 0 Å². The molecule has 0 aliphatic heterocycles. The third-order valence-electron chi connectivity index (χ3n) is 8.97. The Labute approximate surface area is 270 Å². The molecule has 3 unspecified atom stereocenters. The van der Waals surface area contributed by atoms with E-state index in [1.54, 1.807) is 0 Å². The summed E-state index contributed by atoms with van der Waals surface area (Å²) in [5.41, 5.74) is 4.59. The molecule has 2 N–H and O–H groups in total. The predicted octanol–water partition coefficient (Wildman–Crippen LogP) is 7.84. The van der Waals surface area contributed by atoms with E-state index in [4.69, 9.17) is 25.8 Å². The minimum Gasteiger partial charge on any atom is -0.490 e. The second-order valence-electron chi connectivity index (χ2n) is 12.8. The number of ether oxygens (including phenoxy) is 3. The topological polar surface area (TPSA) is 111 Å². The summed E-state index contributed by atoms with van der Waals surface area (Å²) in [5.74, 6) is 1.40. The predicted molar refractivity (Wildman–Crippen MR) is 178 cm³/mol. The van der Waals surface area contributed by atoms with Gasteiger partial charge in [-0.25, -0.2) is 19.1 Å². The molecule has 1 aliphatic carbocycles. The van der Waals surface area contributed by atoms with Crippen LogP contribution in [0.4, 0.5) is 11.4 Å². The minimum atomic E-state index is -0.685. The second kappa shape index (κ2) is 13.3. The number of aromatic nitrogens is 3. The average Bonchev–Trinajstić information content (AvgIpc) is 3.56. The van der Waals surface area contributed by atoms with Crippen molar-refractivity contribution in [3.05, 3.63) is 70.1 Å². The lowest BCUT2D eigenvalue weighted by Crippen LogP contribution is -2.37. The van der Waals surface area contributed by atoms with Crippen molar-refractivity contribution in [2.24, 2.45) is 17.8 Å². The van der Waals surface area contributed by atoms with Crippen LogP contribution >= 0.6 is 0 Å². The van der Waals surface area contributed by atoms with Gasteiger partial charge < -0.3 is 19.5 Å². The fourth-order valence-corrected chi connectivity index (χ4v) is 6.72. The van der Waals surface area contributed by atoms with Crippen LogP contribution in [0.25, 0.3) is 21.9 Å². The van der Waals surface area contributed by atoms with Crippen molar-refractivity contribution in [3.8, 4) is 23.0 Å². The highest BCUT2D eigenvalue weighted by atomic mass is 16.5. The zero-order valence-corrected chi connectivity index (χ0v) is 27.9. The molecule has 0 radical (unpaired) electrons. The summed E-state index contributed by atoms with van der Waals surface area (Å²) < 4.78 is 19.3. The van der Waals surface area contributed by atoms with E-state index in [9.17, 15) is 9.59 Å². The van der Waals surface area contributed by atoms with Gasteiger partial charge in [-0.15, -0.1) is 0 Å². The van der Waals surface area contributed by atoms with E-state index < -0.39 is 12.1 Å². The SMILES string of the molecule is [C-]#[N+]c1c(C(=O)OC2C(C)CC(C)CC2C)c2nc(-c3ccc(C)c(NC(=O)C(CC)Oc4ccc(C)cc4C)c3)[nH]n2c1OC. The molecule has 10 heteroatoms. The number of hydrogen-bond acceptors (Lipinski definition) is 6. The molecular weight excluding hydrogens is 582 g/mol. The molecular formula is C36H43N5O5. The zero-order valence-electron chi connectivity index (χ0n) is 27.9. The number of esters is 1. The lowest BCUT2D eigenvalue weighted by Gasteiger charge is -2.37. The maximum atomic E-state index is 13.7. The Morgan fingerprint density at radius 3 is 2.43 bits per heavy atom. The Balaban J connectivity index is 1.44. The molecule has 1 aliphatic rings. The molecule has 46 heavy (non-hydrogen) atoms. The van der Waals surface area contributed by atoms with E-state index in [-0.39, 0.29) is 46.6 Å². The number of H-pyrrole nitrogens is 1. The van der Waals surface area contributed by atoms with Crippen molar-refractivity contribution < 1.29 is 23.8 Å². The van der Waals surface area contributed by atoms with Crippen molar-refractivity contribution in [1.82, 2.24) is 14.6 Å². The number of nitrogens with one attached hydrogen (secondary N) is 2. The van der Waals surface area contributed by atoms with Gasteiger partial charge in [0.25, 0.3) is 11.6 Å². The number of aryl methyl sites for hydroxylation is 3. The molecule has 0 saturated heterocycles. The maximum Gasteiger partial charge on any atom is 0.331 e.